The average Bonchev–Trinajstić information content (AvgIpc) is 3.45. The molecule has 0 saturated heterocycles. The van der Waals surface area contributed by atoms with Crippen LogP contribution in [0, 0.1) is 13.8 Å². The molecule has 0 N–H and O–H groups in total. The Hall–Kier alpha value is -2.84. The van der Waals surface area contributed by atoms with Crippen LogP contribution in [0.25, 0.3) is 15.3 Å². The van der Waals surface area contributed by atoms with E-state index in [2.05, 4.69) is 9.97 Å². The van der Waals surface area contributed by atoms with E-state index in [4.69, 9.17) is 4.74 Å². The first-order valence-corrected chi connectivity index (χ1v) is 11.3. The lowest BCUT2D eigenvalue weighted by atomic mass is 10.1. The summed E-state index contributed by atoms with van der Waals surface area (Å²) in [6.07, 6.45) is 3.36. The molecule has 1 aromatic carbocycles. The monoisotopic (exact) mass is 439 g/mol. The van der Waals surface area contributed by atoms with Gasteiger partial charge in [0.15, 0.2) is 11.7 Å². The standard InChI is InChI=1S/C22H21N3O3S2/c1-14-12-16(15(2)25(14)22-23-10-11-29-22)18(26)13-28-21(27)9-5-8-20-24-17-6-3-4-7-19(17)30-20/h3-4,6-7,10-12H,5,8-9,13H2,1-2H3. The van der Waals surface area contributed by atoms with E-state index in [9.17, 15) is 9.59 Å². The fraction of sp³-hybridized carbons (Fsp3) is 0.273. The quantitative estimate of drug-likeness (QED) is 0.288. The summed E-state index contributed by atoms with van der Waals surface area (Å²) < 4.78 is 8.31. The summed E-state index contributed by atoms with van der Waals surface area (Å²) in [6, 6.07) is 9.81. The van der Waals surface area contributed by atoms with Crippen molar-refractivity contribution < 1.29 is 14.3 Å². The maximum atomic E-state index is 12.6. The number of carbonyl (C=O) groups excluding carboxylic acids is 2. The van der Waals surface area contributed by atoms with Crippen molar-refractivity contribution in [2.75, 3.05) is 6.61 Å². The van der Waals surface area contributed by atoms with Gasteiger partial charge in [0.05, 0.1) is 15.2 Å². The van der Waals surface area contributed by atoms with Gasteiger partial charge in [-0.25, -0.2) is 9.97 Å². The lowest BCUT2D eigenvalue weighted by Gasteiger charge is -2.06. The molecule has 0 radical (unpaired) electrons. The van der Waals surface area contributed by atoms with E-state index in [0.717, 1.165) is 38.2 Å². The number of aryl methyl sites for hydroxylation is 2. The topological polar surface area (TPSA) is 74.1 Å². The molecule has 30 heavy (non-hydrogen) atoms. The fourth-order valence-electron chi connectivity index (χ4n) is 3.37. The third-order valence-electron chi connectivity index (χ3n) is 4.82. The first-order chi connectivity index (χ1) is 14.5. The highest BCUT2D eigenvalue weighted by molar-refractivity contribution is 7.18. The lowest BCUT2D eigenvalue weighted by molar-refractivity contribution is -0.142. The predicted molar refractivity (Wildman–Crippen MR) is 119 cm³/mol. The zero-order valence-electron chi connectivity index (χ0n) is 16.8. The number of carbonyl (C=O) groups is 2. The van der Waals surface area contributed by atoms with Gasteiger partial charge in [-0.1, -0.05) is 12.1 Å². The first-order valence-electron chi connectivity index (χ1n) is 9.65. The van der Waals surface area contributed by atoms with Gasteiger partial charge in [-0.05, 0) is 44.9 Å². The minimum atomic E-state index is -0.363. The van der Waals surface area contributed by atoms with Crippen molar-refractivity contribution in [3.05, 3.63) is 63.9 Å². The van der Waals surface area contributed by atoms with Gasteiger partial charge in [-0.15, -0.1) is 22.7 Å². The van der Waals surface area contributed by atoms with Gasteiger partial charge in [0.2, 0.25) is 5.78 Å². The third kappa shape index (κ3) is 4.34. The Kier molecular flexibility index (Phi) is 6.06. The number of rotatable bonds is 8. The molecule has 0 aliphatic rings. The van der Waals surface area contributed by atoms with Crippen molar-refractivity contribution in [3.8, 4) is 5.13 Å². The molecular formula is C22H21N3O3S2. The molecule has 0 atom stereocenters. The molecule has 0 spiro atoms. The van der Waals surface area contributed by atoms with E-state index in [1.54, 1.807) is 17.5 Å². The number of para-hydroxylation sites is 1. The second-order valence-corrected chi connectivity index (χ2v) is 8.94. The van der Waals surface area contributed by atoms with Crippen LogP contribution in [0.3, 0.4) is 0 Å². The summed E-state index contributed by atoms with van der Waals surface area (Å²) >= 11 is 3.15. The maximum absolute atomic E-state index is 12.6. The minimum absolute atomic E-state index is 0.203. The van der Waals surface area contributed by atoms with Gasteiger partial charge < -0.3 is 4.74 Å². The predicted octanol–water partition coefficient (Wildman–Crippen LogP) is 4.91. The highest BCUT2D eigenvalue weighted by Crippen LogP contribution is 2.24. The zero-order chi connectivity index (χ0) is 21.1. The summed E-state index contributed by atoms with van der Waals surface area (Å²) in [5, 5.41) is 3.72. The van der Waals surface area contributed by atoms with Crippen LogP contribution in [0.1, 0.15) is 39.6 Å². The Morgan fingerprint density at radius 2 is 2.03 bits per heavy atom. The van der Waals surface area contributed by atoms with Crippen molar-refractivity contribution in [3.63, 3.8) is 0 Å². The van der Waals surface area contributed by atoms with E-state index in [0.29, 0.717) is 12.0 Å². The molecule has 4 rings (SSSR count). The van der Waals surface area contributed by atoms with E-state index >= 15 is 0 Å². The summed E-state index contributed by atoms with van der Waals surface area (Å²) in [5.74, 6) is -0.566. The second kappa shape index (κ2) is 8.89. The van der Waals surface area contributed by atoms with Gasteiger partial charge in [-0.2, -0.15) is 0 Å². The Balaban J connectivity index is 1.28. The van der Waals surface area contributed by atoms with Crippen LogP contribution in [-0.2, 0) is 16.0 Å². The number of fused-ring (bicyclic) bond motifs is 1. The molecule has 0 amide bonds. The molecule has 0 aliphatic carbocycles. The smallest absolute Gasteiger partial charge is 0.306 e. The molecule has 3 aromatic heterocycles. The van der Waals surface area contributed by atoms with Gasteiger partial charge in [0.25, 0.3) is 0 Å². The number of esters is 1. The summed E-state index contributed by atoms with van der Waals surface area (Å²) in [4.78, 5) is 33.5. The van der Waals surface area contributed by atoms with E-state index in [-0.39, 0.29) is 24.8 Å². The summed E-state index contributed by atoms with van der Waals surface area (Å²) in [6.45, 7) is 3.56. The average molecular weight is 440 g/mol. The SMILES string of the molecule is Cc1cc(C(=O)COC(=O)CCCc2nc3ccccc3s2)c(C)n1-c1nccs1. The van der Waals surface area contributed by atoms with Crippen molar-refractivity contribution in [1.29, 1.82) is 0 Å². The number of nitrogens with zero attached hydrogens (tertiary/aromatic N) is 3. The number of benzene rings is 1. The van der Waals surface area contributed by atoms with E-state index in [1.165, 1.54) is 11.3 Å². The largest absolute Gasteiger partial charge is 0.457 e. The third-order valence-corrected chi connectivity index (χ3v) is 6.67. The Morgan fingerprint density at radius 1 is 1.20 bits per heavy atom. The van der Waals surface area contributed by atoms with E-state index in [1.807, 2.05) is 54.1 Å². The molecule has 0 saturated carbocycles. The highest BCUT2D eigenvalue weighted by atomic mass is 32.1. The zero-order valence-corrected chi connectivity index (χ0v) is 18.4. The Bertz CT molecular complexity index is 1160. The molecule has 6 nitrogen and oxygen atoms in total. The molecular weight excluding hydrogens is 418 g/mol. The van der Waals surface area contributed by atoms with Gasteiger partial charge >= 0.3 is 5.97 Å². The molecule has 154 valence electrons. The number of hydrogen-bond acceptors (Lipinski definition) is 7. The van der Waals surface area contributed by atoms with Crippen LogP contribution in [0.15, 0.2) is 41.9 Å². The molecule has 0 unspecified atom stereocenters. The highest BCUT2D eigenvalue weighted by Gasteiger charge is 2.19. The Morgan fingerprint density at radius 3 is 2.80 bits per heavy atom. The van der Waals surface area contributed by atoms with Crippen LogP contribution in [0.2, 0.25) is 0 Å². The Labute approximate surface area is 182 Å². The van der Waals surface area contributed by atoms with Gasteiger partial charge in [0, 0.05) is 34.9 Å². The minimum Gasteiger partial charge on any atom is -0.457 e. The van der Waals surface area contributed by atoms with Crippen molar-refractivity contribution in [1.82, 2.24) is 14.5 Å². The van der Waals surface area contributed by atoms with Crippen LogP contribution in [0.4, 0.5) is 0 Å². The molecule has 0 aliphatic heterocycles. The fourth-order valence-corrected chi connectivity index (χ4v) is 5.13. The van der Waals surface area contributed by atoms with Crippen molar-refractivity contribution >= 4 is 44.6 Å². The second-order valence-electron chi connectivity index (χ2n) is 6.95. The van der Waals surface area contributed by atoms with Crippen molar-refractivity contribution in [2.45, 2.75) is 33.1 Å². The number of ketones is 1. The van der Waals surface area contributed by atoms with Crippen LogP contribution < -0.4 is 0 Å². The molecule has 0 fully saturated rings. The summed E-state index contributed by atoms with van der Waals surface area (Å²) in [5.41, 5.74) is 3.28. The first kappa shape index (κ1) is 20.4. The summed E-state index contributed by atoms with van der Waals surface area (Å²) in [7, 11) is 0. The number of aromatic nitrogens is 3. The normalized spacial score (nSPS) is 11.1. The molecule has 4 aromatic rings. The number of hydrogen-bond donors (Lipinski definition) is 0. The van der Waals surface area contributed by atoms with Gasteiger partial charge in [-0.3, -0.25) is 14.2 Å². The maximum Gasteiger partial charge on any atom is 0.306 e. The molecule has 0 bridgehead atoms. The molecule has 3 heterocycles. The van der Waals surface area contributed by atoms with Crippen LogP contribution in [0.5, 0.6) is 0 Å². The molecule has 8 heteroatoms. The van der Waals surface area contributed by atoms with Crippen molar-refractivity contribution in [2.24, 2.45) is 0 Å². The number of Topliss-reactive ketones (excluding diaryl/α,β-unsaturated/α-hetero) is 1. The lowest BCUT2D eigenvalue weighted by Crippen LogP contribution is -2.15. The van der Waals surface area contributed by atoms with Gasteiger partial charge in [0.1, 0.15) is 0 Å². The van der Waals surface area contributed by atoms with E-state index < -0.39 is 0 Å². The number of ether oxygens (including phenoxy) is 1. The van der Waals surface area contributed by atoms with Crippen LogP contribution >= 0.6 is 22.7 Å². The number of thiazole rings is 2. The van der Waals surface area contributed by atoms with Crippen LogP contribution in [-0.4, -0.2) is 32.9 Å².